The summed E-state index contributed by atoms with van der Waals surface area (Å²) in [4.78, 5) is 2.32. The summed E-state index contributed by atoms with van der Waals surface area (Å²) in [7, 11) is 0. The molecule has 5 N–H and O–H groups in total. The molecule has 0 atom stereocenters. The van der Waals surface area contributed by atoms with Crippen molar-refractivity contribution in [1.29, 1.82) is 0 Å². The van der Waals surface area contributed by atoms with Gasteiger partial charge in [-0.2, -0.15) is 0 Å². The lowest BCUT2D eigenvalue weighted by atomic mass is 9.79. The molecule has 65 heavy (non-hydrogen) atoms. The normalized spacial score (nSPS) is 12.2. The Bertz CT molecular complexity index is 3320. The monoisotopic (exact) mass is 840 g/mol. The molecule has 316 valence electrons. The van der Waals surface area contributed by atoms with E-state index in [9.17, 15) is 0 Å². The van der Waals surface area contributed by atoms with Crippen LogP contribution in [-0.4, -0.2) is 0 Å². The second-order valence-corrected chi connectivity index (χ2v) is 17.5. The molecule has 0 spiro atoms. The molecule has 0 bridgehead atoms. The number of nitrogens with two attached hydrogens (primary N) is 2. The van der Waals surface area contributed by atoms with Crippen LogP contribution in [0.1, 0.15) is 36.1 Å². The molecular formula is C61H52N4. The summed E-state index contributed by atoms with van der Waals surface area (Å²) in [5.74, 6) is 0. The van der Waals surface area contributed by atoms with Gasteiger partial charge in [0.15, 0.2) is 0 Å². The highest BCUT2D eigenvalue weighted by molar-refractivity contribution is 6.22. The zero-order chi connectivity index (χ0) is 44.5. The topological polar surface area (TPSA) is 67.3 Å². The fraction of sp³-hybridized carbons (Fsp3) is 0.0820. The van der Waals surface area contributed by atoms with Crippen LogP contribution in [0.4, 0.5) is 34.1 Å². The van der Waals surface area contributed by atoms with Crippen molar-refractivity contribution in [3.8, 4) is 33.4 Å². The van der Waals surface area contributed by atoms with Gasteiger partial charge in [0, 0.05) is 23.3 Å². The highest BCUT2D eigenvalue weighted by Gasteiger charge is 2.36. The summed E-state index contributed by atoms with van der Waals surface area (Å²) < 4.78 is 0. The van der Waals surface area contributed by atoms with Gasteiger partial charge >= 0.3 is 0 Å². The predicted molar refractivity (Wildman–Crippen MR) is 278 cm³/mol. The minimum absolute atomic E-state index is 0.101. The van der Waals surface area contributed by atoms with E-state index in [0.717, 1.165) is 34.1 Å². The van der Waals surface area contributed by atoms with Crippen LogP contribution in [-0.2, 0) is 12.0 Å². The average Bonchev–Trinajstić information content (AvgIpc) is 3.56. The zero-order valence-electron chi connectivity index (χ0n) is 37.1. The lowest BCUT2D eigenvalue weighted by molar-refractivity contribution is 0.661. The molecule has 10 aromatic carbocycles. The summed E-state index contributed by atoms with van der Waals surface area (Å²) >= 11 is 0. The summed E-state index contributed by atoms with van der Waals surface area (Å²) in [6, 6.07) is 77.5. The molecular weight excluding hydrogens is 789 g/mol. The Kier molecular flexibility index (Phi) is 10.9. The second kappa shape index (κ2) is 17.2. The Hall–Kier alpha value is -8.08. The Morgan fingerprint density at radius 3 is 1.78 bits per heavy atom. The van der Waals surface area contributed by atoms with Gasteiger partial charge in [0.05, 0.1) is 22.7 Å². The quantitative estimate of drug-likeness (QED) is 0.105. The van der Waals surface area contributed by atoms with Gasteiger partial charge in [-0.1, -0.05) is 171 Å². The smallest absolute Gasteiger partial charge is 0.0647 e. The van der Waals surface area contributed by atoms with Crippen LogP contribution in [0.25, 0.3) is 54.9 Å². The first-order chi connectivity index (χ1) is 31.7. The third kappa shape index (κ3) is 7.85. The number of para-hydroxylation sites is 6. The van der Waals surface area contributed by atoms with Gasteiger partial charge in [-0.05, 0) is 145 Å². The Morgan fingerprint density at radius 1 is 0.462 bits per heavy atom. The molecule has 4 heteroatoms. The van der Waals surface area contributed by atoms with Crippen molar-refractivity contribution in [3.63, 3.8) is 0 Å². The summed E-state index contributed by atoms with van der Waals surface area (Å²) in [5, 5.41) is 8.35. The molecule has 4 nitrogen and oxygen atoms in total. The molecule has 0 aliphatic heterocycles. The van der Waals surface area contributed by atoms with Crippen molar-refractivity contribution in [2.45, 2.75) is 32.7 Å². The molecule has 0 radical (unpaired) electrons. The fourth-order valence-electron chi connectivity index (χ4n) is 9.67. The van der Waals surface area contributed by atoms with E-state index in [1.54, 1.807) is 0 Å². The minimum Gasteiger partial charge on any atom is -0.397 e. The van der Waals surface area contributed by atoms with Gasteiger partial charge in [0.2, 0.25) is 0 Å². The van der Waals surface area contributed by atoms with E-state index in [4.69, 9.17) is 11.5 Å². The minimum atomic E-state index is -0.101. The Morgan fingerprint density at radius 2 is 1.06 bits per heavy atom. The number of hydrogen-bond acceptors (Lipinski definition) is 4. The van der Waals surface area contributed by atoms with Crippen molar-refractivity contribution < 1.29 is 0 Å². The number of aryl methyl sites for hydroxylation is 1. The molecule has 11 rings (SSSR count). The number of nitrogen functional groups attached to an aromatic ring is 2. The molecule has 1 aliphatic carbocycles. The Balaban J connectivity index is 0.000000303. The molecule has 1 aliphatic rings. The second-order valence-electron chi connectivity index (χ2n) is 17.5. The number of nitrogens with one attached hydrogen (secondary N) is 1. The summed E-state index contributed by atoms with van der Waals surface area (Å²) in [5.41, 5.74) is 30.9. The molecule has 0 fully saturated rings. The van der Waals surface area contributed by atoms with E-state index in [2.05, 4.69) is 183 Å². The van der Waals surface area contributed by atoms with Crippen LogP contribution >= 0.6 is 0 Å². The van der Waals surface area contributed by atoms with E-state index >= 15 is 0 Å². The van der Waals surface area contributed by atoms with Crippen molar-refractivity contribution in [2.24, 2.45) is 0 Å². The largest absolute Gasteiger partial charge is 0.397 e. The van der Waals surface area contributed by atoms with Gasteiger partial charge in [-0.25, -0.2) is 0 Å². The van der Waals surface area contributed by atoms with Gasteiger partial charge in [-0.15, -0.1) is 0 Å². The van der Waals surface area contributed by atoms with E-state index in [0.29, 0.717) is 6.54 Å². The third-order valence-electron chi connectivity index (χ3n) is 12.9. The number of rotatable bonds is 8. The van der Waals surface area contributed by atoms with Gasteiger partial charge in [0.25, 0.3) is 0 Å². The molecule has 0 saturated carbocycles. The van der Waals surface area contributed by atoms with Crippen LogP contribution in [0.5, 0.6) is 0 Å². The number of anilines is 6. The highest BCUT2D eigenvalue weighted by atomic mass is 15.1. The third-order valence-corrected chi connectivity index (χ3v) is 12.9. The van der Waals surface area contributed by atoms with Gasteiger partial charge in [-0.3, -0.25) is 0 Å². The molecule has 0 heterocycles. The van der Waals surface area contributed by atoms with Crippen molar-refractivity contribution in [2.75, 3.05) is 21.7 Å². The highest BCUT2D eigenvalue weighted by Crippen LogP contribution is 2.53. The maximum absolute atomic E-state index is 6.58. The van der Waals surface area contributed by atoms with Crippen LogP contribution in [0.15, 0.2) is 218 Å². The lowest BCUT2D eigenvalue weighted by Crippen LogP contribution is -2.17. The number of nitrogens with zero attached hydrogens (tertiary/aromatic N) is 1. The van der Waals surface area contributed by atoms with Crippen LogP contribution in [0.2, 0.25) is 0 Å². The summed E-state index contributed by atoms with van der Waals surface area (Å²) in [6.45, 7) is 7.59. The van der Waals surface area contributed by atoms with Gasteiger partial charge in [0.1, 0.15) is 0 Å². The first-order valence-corrected chi connectivity index (χ1v) is 22.4. The first kappa shape index (κ1) is 41.0. The fourth-order valence-corrected chi connectivity index (χ4v) is 9.67. The molecule has 0 saturated heterocycles. The van der Waals surface area contributed by atoms with E-state index in [1.165, 1.54) is 77.2 Å². The maximum Gasteiger partial charge on any atom is 0.0647 e. The predicted octanol–water partition coefficient (Wildman–Crippen LogP) is 15.9. The zero-order valence-corrected chi connectivity index (χ0v) is 37.1. The maximum atomic E-state index is 6.58. The van der Waals surface area contributed by atoms with Crippen molar-refractivity contribution >= 4 is 55.7 Å². The molecule has 0 unspecified atom stereocenters. The van der Waals surface area contributed by atoms with E-state index in [-0.39, 0.29) is 5.41 Å². The van der Waals surface area contributed by atoms with Crippen LogP contribution < -0.4 is 21.7 Å². The number of benzene rings is 10. The number of hydrogen-bond donors (Lipinski definition) is 3. The summed E-state index contributed by atoms with van der Waals surface area (Å²) in [6.07, 6.45) is 0. The lowest BCUT2D eigenvalue weighted by Gasteiger charge is -2.27. The standard InChI is InChI=1S/C49H40N2.C12H12N2/c1-32-24-26-34(27-25-32)47-38-19-7-8-20-39(38)48(41-29-40-37-18-9-10-21-43(37)49(2,3)44(40)30-42(41)47)35-15-13-14-33(28-35)31-51(36-16-5-4-6-17-36)46-23-12-11-22-45(46)50;13-11-8-4-5-9-12(11)14-10-6-2-1-3-7-10/h4-30H,31,50H2,1-3H3;1-9,14H,13H2. The van der Waals surface area contributed by atoms with Gasteiger partial charge < -0.3 is 21.7 Å². The molecule has 0 aromatic heterocycles. The first-order valence-electron chi connectivity index (χ1n) is 22.4. The number of fused-ring (bicyclic) bond motifs is 5. The SMILES string of the molecule is Cc1ccc(-c2c3ccccc3c(-c3cccc(CN(c4ccccc4)c4ccccc4N)c3)c3cc4c(cc23)C(C)(C)c2ccccc2-4)cc1.Nc1ccccc1Nc1ccccc1. The average molecular weight is 841 g/mol. The van der Waals surface area contributed by atoms with Crippen LogP contribution in [0, 0.1) is 6.92 Å². The molecule has 10 aromatic rings. The van der Waals surface area contributed by atoms with Crippen molar-refractivity contribution in [1.82, 2.24) is 0 Å². The molecule has 0 amide bonds. The Labute approximate surface area is 382 Å². The van der Waals surface area contributed by atoms with Crippen molar-refractivity contribution in [3.05, 3.63) is 241 Å². The van der Waals surface area contributed by atoms with E-state index < -0.39 is 0 Å². The van der Waals surface area contributed by atoms with Crippen LogP contribution in [0.3, 0.4) is 0 Å². The van der Waals surface area contributed by atoms with E-state index in [1.807, 2.05) is 66.7 Å².